The zero-order valence-electron chi connectivity index (χ0n) is 21.5. The van der Waals surface area contributed by atoms with Crippen molar-refractivity contribution in [3.8, 4) is 22.3 Å². The monoisotopic (exact) mass is 502 g/mol. The number of likely N-dealkylation sites (tertiary alicyclic amines) is 1. The lowest BCUT2D eigenvalue weighted by Crippen LogP contribution is -2.32. The van der Waals surface area contributed by atoms with E-state index in [1.807, 2.05) is 26.2 Å². The largest absolute Gasteiger partial charge is 0.321 e. The van der Waals surface area contributed by atoms with Crippen molar-refractivity contribution in [2.75, 3.05) is 19.6 Å². The molecular formula is C28H35FN8. The highest BCUT2D eigenvalue weighted by atomic mass is 19.1. The number of rotatable bonds is 6. The summed E-state index contributed by atoms with van der Waals surface area (Å²) in [6, 6.07) is 13.3. The molecule has 0 amide bonds. The molecule has 1 aliphatic rings. The summed E-state index contributed by atoms with van der Waals surface area (Å²) in [4.78, 5) is 7.22. The van der Waals surface area contributed by atoms with Gasteiger partial charge in [0, 0.05) is 30.1 Å². The molecule has 0 saturated carbocycles. The van der Waals surface area contributed by atoms with Gasteiger partial charge < -0.3 is 16.2 Å². The van der Waals surface area contributed by atoms with Crippen molar-refractivity contribution in [2.45, 2.75) is 39.5 Å². The van der Waals surface area contributed by atoms with Crippen molar-refractivity contribution in [1.29, 1.82) is 0 Å². The van der Waals surface area contributed by atoms with Crippen molar-refractivity contribution in [1.82, 2.24) is 24.9 Å². The number of hydrogen-bond donors (Lipinski definition) is 3. The van der Waals surface area contributed by atoms with Gasteiger partial charge in [-0.05, 0) is 61.2 Å². The van der Waals surface area contributed by atoms with Crippen LogP contribution in [0.2, 0.25) is 0 Å². The first-order valence-electron chi connectivity index (χ1n) is 12.9. The van der Waals surface area contributed by atoms with Gasteiger partial charge in [0.25, 0.3) is 0 Å². The fourth-order valence-electron chi connectivity index (χ4n) is 4.62. The number of halogens is 1. The summed E-state index contributed by atoms with van der Waals surface area (Å²) in [5.41, 5.74) is 8.04. The number of hydrazine groups is 1. The van der Waals surface area contributed by atoms with E-state index in [1.165, 1.54) is 44.0 Å². The molecular weight excluding hydrogens is 467 g/mol. The summed E-state index contributed by atoms with van der Waals surface area (Å²) in [5, 5.41) is 7.99. The number of piperidine rings is 1. The van der Waals surface area contributed by atoms with Crippen molar-refractivity contribution in [3.63, 3.8) is 0 Å². The zero-order chi connectivity index (χ0) is 26.2. The number of benzene rings is 2. The second-order valence-electron chi connectivity index (χ2n) is 8.83. The van der Waals surface area contributed by atoms with Crippen LogP contribution in [0.1, 0.15) is 44.2 Å². The summed E-state index contributed by atoms with van der Waals surface area (Å²) in [5.74, 6) is 10.3. The Balaban J connectivity index is 0.00000156. The number of nitrogens with zero attached hydrogens (tertiary/aromatic N) is 5. The predicted octanol–water partition coefficient (Wildman–Crippen LogP) is 4.34. The molecule has 2 aromatic carbocycles. The number of hydrogen-bond acceptors (Lipinski definition) is 6. The molecule has 1 fully saturated rings. The minimum absolute atomic E-state index is 0.0513. The molecule has 0 atom stereocenters. The Morgan fingerprint density at radius 1 is 1.00 bits per heavy atom. The summed E-state index contributed by atoms with van der Waals surface area (Å²) in [6.45, 7) is 7.56. The number of nitrogens with two attached hydrogens (primary N) is 2. The van der Waals surface area contributed by atoms with Crippen molar-refractivity contribution >= 4 is 11.5 Å². The molecule has 0 bridgehead atoms. The zero-order valence-corrected chi connectivity index (χ0v) is 21.5. The molecule has 0 radical (unpaired) electrons. The highest BCUT2D eigenvalue weighted by Crippen LogP contribution is 2.27. The quantitative estimate of drug-likeness (QED) is 0.157. The van der Waals surface area contributed by atoms with Crippen LogP contribution < -0.4 is 17.1 Å². The third-order valence-electron chi connectivity index (χ3n) is 6.61. The standard InChI is InChI=1S/C26H29FN8.C2H6/c27-24-9-8-20(14-22(24)25(32-28)33-29)23-16-31-35-17-21(15-30-26(23)35)19-6-4-18(5-7-19)10-13-34-11-2-1-3-12-34;1-2/h4-9,14-17H,1-3,10-13,28-29H2,(H,32,33);1-2H3. The van der Waals surface area contributed by atoms with Crippen LogP contribution in [0.5, 0.6) is 0 Å². The van der Waals surface area contributed by atoms with E-state index in [1.54, 1.807) is 22.8 Å². The molecule has 4 aromatic rings. The molecule has 194 valence electrons. The van der Waals surface area contributed by atoms with Crippen LogP contribution in [0.15, 0.2) is 66.2 Å². The first-order valence-corrected chi connectivity index (χ1v) is 12.9. The van der Waals surface area contributed by atoms with Gasteiger partial charge in [0.2, 0.25) is 0 Å². The summed E-state index contributed by atoms with van der Waals surface area (Å²) in [7, 11) is 0. The number of nitrogens with one attached hydrogen (secondary N) is 1. The first-order chi connectivity index (χ1) is 18.2. The lowest BCUT2D eigenvalue weighted by molar-refractivity contribution is 0.231. The maximum Gasteiger partial charge on any atom is 0.169 e. The van der Waals surface area contributed by atoms with Gasteiger partial charge in [0.15, 0.2) is 11.5 Å². The van der Waals surface area contributed by atoms with E-state index in [4.69, 9.17) is 11.7 Å². The molecule has 5 N–H and O–H groups in total. The van der Waals surface area contributed by atoms with Gasteiger partial charge in [-0.1, -0.05) is 50.6 Å². The third kappa shape index (κ3) is 5.95. The Bertz CT molecular complexity index is 1340. The molecule has 37 heavy (non-hydrogen) atoms. The average Bonchev–Trinajstić information content (AvgIpc) is 3.39. The predicted molar refractivity (Wildman–Crippen MR) is 147 cm³/mol. The van der Waals surface area contributed by atoms with E-state index in [0.717, 1.165) is 35.2 Å². The van der Waals surface area contributed by atoms with Gasteiger partial charge in [-0.3, -0.25) is 0 Å². The first kappa shape index (κ1) is 26.2. The molecule has 0 spiro atoms. The van der Waals surface area contributed by atoms with Gasteiger partial charge in [-0.15, -0.1) is 0 Å². The van der Waals surface area contributed by atoms with E-state index >= 15 is 0 Å². The molecule has 1 saturated heterocycles. The second-order valence-corrected chi connectivity index (χ2v) is 8.83. The van der Waals surface area contributed by atoms with Crippen LogP contribution >= 0.6 is 0 Å². The molecule has 0 unspecified atom stereocenters. The molecule has 0 aliphatic carbocycles. The van der Waals surface area contributed by atoms with Crippen LogP contribution in [-0.4, -0.2) is 45.0 Å². The number of fused-ring (bicyclic) bond motifs is 1. The molecule has 5 rings (SSSR count). The number of hydrazone groups is 1. The second kappa shape index (κ2) is 12.4. The number of aromatic nitrogens is 3. The lowest BCUT2D eigenvalue weighted by Gasteiger charge is -2.26. The van der Waals surface area contributed by atoms with Gasteiger partial charge in [0.05, 0.1) is 11.8 Å². The maximum absolute atomic E-state index is 14.3. The molecule has 1 aliphatic heterocycles. The topological polar surface area (TPSA) is 110 Å². The Hall–Kier alpha value is -3.82. The number of amidine groups is 1. The average molecular weight is 503 g/mol. The Morgan fingerprint density at radius 2 is 1.73 bits per heavy atom. The Labute approximate surface area is 217 Å². The third-order valence-corrected chi connectivity index (χ3v) is 6.61. The SMILES string of the molecule is CC.N/N=C(\NN)c1cc(-c2cnn3cc(-c4ccc(CCN5CCCCC5)cc4)cnc23)ccc1F. The van der Waals surface area contributed by atoms with Crippen LogP contribution in [0.4, 0.5) is 4.39 Å². The van der Waals surface area contributed by atoms with Crippen molar-refractivity contribution < 1.29 is 4.39 Å². The summed E-state index contributed by atoms with van der Waals surface area (Å²) < 4.78 is 16.0. The van der Waals surface area contributed by atoms with E-state index < -0.39 is 5.82 Å². The maximum atomic E-state index is 14.3. The van der Waals surface area contributed by atoms with Crippen molar-refractivity contribution in [3.05, 3.63) is 78.0 Å². The van der Waals surface area contributed by atoms with Gasteiger partial charge >= 0.3 is 0 Å². The van der Waals surface area contributed by atoms with Crippen LogP contribution in [0, 0.1) is 5.82 Å². The fourth-order valence-corrected chi connectivity index (χ4v) is 4.62. The summed E-state index contributed by atoms with van der Waals surface area (Å²) in [6.07, 6.45) is 10.6. The van der Waals surface area contributed by atoms with E-state index in [0.29, 0.717) is 5.65 Å². The highest BCUT2D eigenvalue weighted by Gasteiger charge is 2.15. The van der Waals surface area contributed by atoms with E-state index in [-0.39, 0.29) is 11.4 Å². The normalized spacial score (nSPS) is 14.3. The van der Waals surface area contributed by atoms with Gasteiger partial charge in [-0.2, -0.15) is 10.2 Å². The van der Waals surface area contributed by atoms with Crippen LogP contribution in [0.3, 0.4) is 0 Å². The van der Waals surface area contributed by atoms with Crippen molar-refractivity contribution in [2.24, 2.45) is 16.8 Å². The van der Waals surface area contributed by atoms with Gasteiger partial charge in [0.1, 0.15) is 5.82 Å². The highest BCUT2D eigenvalue weighted by molar-refractivity contribution is 5.99. The Morgan fingerprint density at radius 3 is 2.43 bits per heavy atom. The molecule has 3 heterocycles. The van der Waals surface area contributed by atoms with Crippen LogP contribution in [0.25, 0.3) is 27.9 Å². The Kier molecular flexibility index (Phi) is 8.81. The molecule has 9 heteroatoms. The minimum atomic E-state index is -0.484. The fraction of sp³-hybridized carbons (Fsp3) is 0.321. The summed E-state index contributed by atoms with van der Waals surface area (Å²) >= 11 is 0. The molecule has 2 aromatic heterocycles. The minimum Gasteiger partial charge on any atom is -0.321 e. The van der Waals surface area contributed by atoms with E-state index in [9.17, 15) is 4.39 Å². The molecule has 8 nitrogen and oxygen atoms in total. The van der Waals surface area contributed by atoms with Gasteiger partial charge in [-0.25, -0.2) is 19.7 Å². The lowest BCUT2D eigenvalue weighted by atomic mass is 10.0. The van der Waals surface area contributed by atoms with E-state index in [2.05, 4.69) is 49.8 Å². The smallest absolute Gasteiger partial charge is 0.169 e. The van der Waals surface area contributed by atoms with Crippen LogP contribution in [-0.2, 0) is 6.42 Å².